The molecular weight excluding hydrogens is 548 g/mol. The van der Waals surface area contributed by atoms with Gasteiger partial charge in [-0.15, -0.1) is 0 Å². The smallest absolute Gasteiger partial charge is 0.134 e. The van der Waals surface area contributed by atoms with E-state index in [1.807, 2.05) is 0 Å². The maximum Gasteiger partial charge on any atom is 0.134 e. The van der Waals surface area contributed by atoms with E-state index in [1.165, 1.54) is 71.4 Å². The van der Waals surface area contributed by atoms with E-state index in [-0.39, 0.29) is 0 Å². The van der Waals surface area contributed by atoms with E-state index in [2.05, 4.69) is 155 Å². The zero-order chi connectivity index (χ0) is 29.5. The minimum Gasteiger partial charge on any atom is -0.460 e. The lowest BCUT2D eigenvalue weighted by Crippen LogP contribution is -2.03. The van der Waals surface area contributed by atoms with Crippen LogP contribution in [0.2, 0.25) is 0 Å². The lowest BCUT2D eigenvalue weighted by molar-refractivity contribution is 0.546. The molecule has 9 aromatic rings. The molecule has 0 saturated heterocycles. The van der Waals surface area contributed by atoms with E-state index in [0.717, 1.165) is 29.9 Å². The molecule has 3 nitrogen and oxygen atoms in total. The van der Waals surface area contributed by atoms with Gasteiger partial charge in [-0.2, -0.15) is 0 Å². The molecule has 0 saturated carbocycles. The van der Waals surface area contributed by atoms with E-state index in [9.17, 15) is 0 Å². The Balaban J connectivity index is 1.12. The van der Waals surface area contributed by atoms with Crippen molar-refractivity contribution in [3.8, 4) is 16.8 Å². The fourth-order valence-electron chi connectivity index (χ4n) is 7.60. The number of aromatic nitrogens is 2. The van der Waals surface area contributed by atoms with Crippen LogP contribution in [-0.2, 0) is 6.42 Å². The zero-order valence-electron chi connectivity index (χ0n) is 24.6. The summed E-state index contributed by atoms with van der Waals surface area (Å²) >= 11 is 0. The normalized spacial score (nSPS) is 13.3. The number of hydrogen-bond acceptors (Lipinski definition) is 1. The fourth-order valence-corrected chi connectivity index (χ4v) is 7.60. The highest BCUT2D eigenvalue weighted by molar-refractivity contribution is 6.11. The molecule has 45 heavy (non-hydrogen) atoms. The predicted molar refractivity (Wildman–Crippen MR) is 188 cm³/mol. The summed E-state index contributed by atoms with van der Waals surface area (Å²) in [6.07, 6.45) is 4.18. The molecule has 1 aliphatic rings. The van der Waals surface area contributed by atoms with Gasteiger partial charge in [-0.1, -0.05) is 91.0 Å². The van der Waals surface area contributed by atoms with Crippen molar-refractivity contribution < 1.29 is 4.42 Å². The van der Waals surface area contributed by atoms with Crippen LogP contribution in [0, 0.1) is 0 Å². The number of nitrogens with zero attached hydrogens (tertiary/aromatic N) is 2. The molecule has 3 heterocycles. The van der Waals surface area contributed by atoms with E-state index >= 15 is 0 Å². The maximum atomic E-state index is 6.44. The first-order chi connectivity index (χ1) is 22.3. The molecule has 0 aliphatic heterocycles. The Labute approximate surface area is 259 Å². The number of aryl methyl sites for hydroxylation is 1. The van der Waals surface area contributed by atoms with Gasteiger partial charge in [-0.05, 0) is 72.2 Å². The Hall–Kier alpha value is -5.80. The predicted octanol–water partition coefficient (Wildman–Crippen LogP) is 11.2. The summed E-state index contributed by atoms with van der Waals surface area (Å²) in [5.41, 5.74) is 11.9. The molecule has 1 aliphatic carbocycles. The van der Waals surface area contributed by atoms with Gasteiger partial charge in [-0.3, -0.25) is 0 Å². The van der Waals surface area contributed by atoms with Gasteiger partial charge in [0.1, 0.15) is 11.3 Å². The number of para-hydroxylation sites is 4. The van der Waals surface area contributed by atoms with Crippen LogP contribution in [-0.4, -0.2) is 9.13 Å². The van der Waals surface area contributed by atoms with Crippen molar-refractivity contribution in [2.24, 2.45) is 0 Å². The lowest BCUT2D eigenvalue weighted by atomic mass is 9.97. The molecule has 212 valence electrons. The topological polar surface area (TPSA) is 23.0 Å². The van der Waals surface area contributed by atoms with Crippen LogP contribution < -0.4 is 0 Å². The second-order valence-corrected chi connectivity index (χ2v) is 12.1. The fraction of sp³-hybridized carbons (Fsp3) is 0.0476. The van der Waals surface area contributed by atoms with Crippen LogP contribution in [0.1, 0.15) is 17.7 Å². The maximum absolute atomic E-state index is 6.44. The number of allylic oxidation sites excluding steroid dienone is 1. The Kier molecular flexibility index (Phi) is 5.11. The second-order valence-electron chi connectivity index (χ2n) is 12.1. The summed E-state index contributed by atoms with van der Waals surface area (Å²) in [6, 6.07) is 50.4. The van der Waals surface area contributed by atoms with Crippen molar-refractivity contribution in [2.45, 2.75) is 12.8 Å². The first-order valence-electron chi connectivity index (χ1n) is 15.7. The monoisotopic (exact) mass is 576 g/mol. The number of fused-ring (bicyclic) bond motifs is 9. The Morgan fingerprint density at radius 3 is 1.62 bits per heavy atom. The molecule has 0 spiro atoms. The minimum atomic E-state index is 0.884. The first kappa shape index (κ1) is 24.6. The van der Waals surface area contributed by atoms with Gasteiger partial charge in [0.25, 0.3) is 0 Å². The number of furan rings is 1. The van der Waals surface area contributed by atoms with Gasteiger partial charge in [0.05, 0.1) is 22.1 Å². The Bertz CT molecular complexity index is 2550. The summed E-state index contributed by atoms with van der Waals surface area (Å²) in [5, 5.41) is 6.30. The number of rotatable bonds is 3. The molecular formula is C42H28N2O. The van der Waals surface area contributed by atoms with E-state index in [0.29, 0.717) is 0 Å². The van der Waals surface area contributed by atoms with Crippen LogP contribution in [0.15, 0.2) is 144 Å². The average Bonchev–Trinajstić information content (AvgIpc) is 3.75. The largest absolute Gasteiger partial charge is 0.460 e. The highest BCUT2D eigenvalue weighted by atomic mass is 16.3. The number of hydrogen-bond donors (Lipinski definition) is 0. The highest BCUT2D eigenvalue weighted by Gasteiger charge is 2.22. The number of benzene rings is 6. The van der Waals surface area contributed by atoms with Gasteiger partial charge >= 0.3 is 0 Å². The second kappa shape index (κ2) is 9.35. The van der Waals surface area contributed by atoms with E-state index in [1.54, 1.807) is 0 Å². The van der Waals surface area contributed by atoms with Crippen molar-refractivity contribution in [1.29, 1.82) is 0 Å². The lowest BCUT2D eigenvalue weighted by Gasteiger charge is -2.16. The van der Waals surface area contributed by atoms with Gasteiger partial charge in [0, 0.05) is 50.3 Å². The Morgan fingerprint density at radius 2 is 1.00 bits per heavy atom. The van der Waals surface area contributed by atoms with Crippen molar-refractivity contribution in [3.63, 3.8) is 0 Å². The summed E-state index contributed by atoms with van der Waals surface area (Å²) in [6.45, 7) is 0. The minimum absolute atomic E-state index is 0.884. The third-order valence-electron chi connectivity index (χ3n) is 9.61. The quantitative estimate of drug-likeness (QED) is 0.205. The summed E-state index contributed by atoms with van der Waals surface area (Å²) in [5.74, 6) is 1.07. The van der Waals surface area contributed by atoms with Gasteiger partial charge < -0.3 is 13.6 Å². The standard InChI is InChI=1S/C42H28N2O/c1-5-16-37-31(12-1)32-13-2-6-17-38(32)43(37)29-11-9-10-27(24-29)28-20-22-41-35(25-28)36-26-30(21-23-42(36)45-41)44-39-18-7-3-14-33(39)34-15-4-8-19-40(34)44/h1-20,22,24-26H,21,23H2. The molecule has 3 aromatic heterocycles. The molecule has 3 heteroatoms. The van der Waals surface area contributed by atoms with Gasteiger partial charge in [-0.25, -0.2) is 0 Å². The summed E-state index contributed by atoms with van der Waals surface area (Å²) < 4.78 is 11.3. The molecule has 0 radical (unpaired) electrons. The SMILES string of the molecule is C1=C(n2c3ccccc3c3ccccc32)CCc2oc3ccc(-c4cccc(-n5c6ccccc6c6ccccc65)c4)cc3c21. The molecule has 0 unspecified atom stereocenters. The molecule has 0 bridgehead atoms. The molecule has 0 N–H and O–H groups in total. The molecule has 6 aromatic carbocycles. The Morgan fingerprint density at radius 1 is 0.444 bits per heavy atom. The van der Waals surface area contributed by atoms with Crippen molar-refractivity contribution >= 4 is 66.4 Å². The third-order valence-corrected chi connectivity index (χ3v) is 9.61. The third kappa shape index (κ3) is 3.58. The molecule has 0 atom stereocenters. The molecule has 10 rings (SSSR count). The van der Waals surface area contributed by atoms with Gasteiger partial charge in [0.2, 0.25) is 0 Å². The zero-order valence-corrected chi connectivity index (χ0v) is 24.6. The average molecular weight is 577 g/mol. The van der Waals surface area contributed by atoms with Crippen molar-refractivity contribution in [1.82, 2.24) is 9.13 Å². The van der Waals surface area contributed by atoms with Crippen LogP contribution >= 0.6 is 0 Å². The molecule has 0 amide bonds. The van der Waals surface area contributed by atoms with Crippen LogP contribution in [0.3, 0.4) is 0 Å². The van der Waals surface area contributed by atoms with Gasteiger partial charge in [0.15, 0.2) is 0 Å². The van der Waals surface area contributed by atoms with Crippen molar-refractivity contribution in [2.75, 3.05) is 0 Å². The van der Waals surface area contributed by atoms with Crippen LogP contribution in [0.5, 0.6) is 0 Å². The summed E-state index contributed by atoms with van der Waals surface area (Å²) in [7, 11) is 0. The van der Waals surface area contributed by atoms with E-state index < -0.39 is 0 Å². The highest BCUT2D eigenvalue weighted by Crippen LogP contribution is 2.40. The van der Waals surface area contributed by atoms with E-state index in [4.69, 9.17) is 4.42 Å². The molecule has 0 fully saturated rings. The van der Waals surface area contributed by atoms with Crippen LogP contribution in [0.25, 0.3) is 83.2 Å². The first-order valence-corrected chi connectivity index (χ1v) is 15.7. The van der Waals surface area contributed by atoms with Crippen molar-refractivity contribution in [3.05, 3.63) is 151 Å². The summed E-state index contributed by atoms with van der Waals surface area (Å²) in [4.78, 5) is 0. The van der Waals surface area contributed by atoms with Crippen LogP contribution in [0.4, 0.5) is 0 Å².